The van der Waals surface area contributed by atoms with Crippen molar-refractivity contribution in [1.29, 1.82) is 0 Å². The van der Waals surface area contributed by atoms with Crippen LogP contribution in [0.2, 0.25) is 0 Å². The van der Waals surface area contributed by atoms with Gasteiger partial charge in [0.1, 0.15) is 0 Å². The second-order valence-corrected chi connectivity index (χ2v) is 5.77. The molecule has 1 fully saturated rings. The van der Waals surface area contributed by atoms with Gasteiger partial charge >= 0.3 is 0 Å². The maximum Gasteiger partial charge on any atom is 0.201 e. The van der Waals surface area contributed by atoms with Gasteiger partial charge in [-0.2, -0.15) is 0 Å². The Morgan fingerprint density at radius 3 is 2.79 bits per heavy atom. The molecule has 0 spiro atoms. The number of benzene rings is 1. The number of rotatable bonds is 2. The molecule has 0 saturated carbocycles. The Hall–Kier alpha value is -1.55. The number of hydrogen-bond acceptors (Lipinski definition) is 3. The molecule has 19 heavy (non-hydrogen) atoms. The summed E-state index contributed by atoms with van der Waals surface area (Å²) >= 11 is 0. The molecule has 1 aromatic heterocycles. The fourth-order valence-corrected chi connectivity index (χ4v) is 3.07. The minimum atomic E-state index is 0.656. The number of aromatic nitrogens is 2. The van der Waals surface area contributed by atoms with Gasteiger partial charge in [0.15, 0.2) is 0 Å². The predicted octanol–water partition coefficient (Wildman–Crippen LogP) is 2.27. The number of para-hydroxylation sites is 1. The van der Waals surface area contributed by atoms with Crippen LogP contribution < -0.4 is 5.73 Å². The average Bonchev–Trinajstić information content (AvgIpc) is 2.70. The van der Waals surface area contributed by atoms with E-state index in [0.29, 0.717) is 5.95 Å². The lowest BCUT2D eigenvalue weighted by Gasteiger charge is -2.29. The van der Waals surface area contributed by atoms with Crippen LogP contribution in [0.5, 0.6) is 0 Å². The predicted molar refractivity (Wildman–Crippen MR) is 79.1 cm³/mol. The molecule has 0 aliphatic carbocycles. The van der Waals surface area contributed by atoms with Gasteiger partial charge in [0.25, 0.3) is 0 Å². The summed E-state index contributed by atoms with van der Waals surface area (Å²) in [7, 11) is 2.20. The Bertz CT molecular complexity index is 579. The highest BCUT2D eigenvalue weighted by molar-refractivity contribution is 5.81. The van der Waals surface area contributed by atoms with Crippen molar-refractivity contribution in [3.63, 3.8) is 0 Å². The first-order chi connectivity index (χ1) is 9.15. The summed E-state index contributed by atoms with van der Waals surface area (Å²) in [6, 6.07) is 6.22. The van der Waals surface area contributed by atoms with Gasteiger partial charge in [-0.25, -0.2) is 4.98 Å². The lowest BCUT2D eigenvalue weighted by molar-refractivity contribution is 0.206. The normalized spacial score (nSPS) is 18.2. The van der Waals surface area contributed by atoms with Crippen LogP contribution in [0.25, 0.3) is 11.0 Å². The minimum Gasteiger partial charge on any atom is -0.369 e. The van der Waals surface area contributed by atoms with E-state index in [0.717, 1.165) is 18.0 Å². The van der Waals surface area contributed by atoms with Crippen LogP contribution in [0.4, 0.5) is 5.95 Å². The first-order valence-electron chi connectivity index (χ1n) is 7.05. The third-order valence-electron chi connectivity index (χ3n) is 4.28. The van der Waals surface area contributed by atoms with E-state index in [-0.39, 0.29) is 0 Å². The van der Waals surface area contributed by atoms with Gasteiger partial charge in [0.2, 0.25) is 5.95 Å². The van der Waals surface area contributed by atoms with Gasteiger partial charge in [0.05, 0.1) is 11.0 Å². The number of aryl methyl sites for hydroxylation is 1. The van der Waals surface area contributed by atoms with Crippen LogP contribution in [-0.4, -0.2) is 34.6 Å². The number of fused-ring (bicyclic) bond motifs is 1. The molecule has 2 heterocycles. The molecular formula is C15H22N4. The second kappa shape index (κ2) is 4.85. The summed E-state index contributed by atoms with van der Waals surface area (Å²) in [4.78, 5) is 6.88. The highest BCUT2D eigenvalue weighted by atomic mass is 15.2. The van der Waals surface area contributed by atoms with Crippen LogP contribution >= 0.6 is 0 Å². The van der Waals surface area contributed by atoms with Gasteiger partial charge < -0.3 is 15.2 Å². The van der Waals surface area contributed by atoms with Crippen LogP contribution in [0.15, 0.2) is 18.2 Å². The van der Waals surface area contributed by atoms with E-state index in [4.69, 9.17) is 5.73 Å². The van der Waals surface area contributed by atoms with E-state index in [1.54, 1.807) is 0 Å². The van der Waals surface area contributed by atoms with Crippen LogP contribution in [0, 0.1) is 12.8 Å². The molecule has 3 rings (SSSR count). The third kappa shape index (κ3) is 2.32. The molecule has 4 heteroatoms. The topological polar surface area (TPSA) is 47.1 Å². The van der Waals surface area contributed by atoms with Gasteiger partial charge in [-0.15, -0.1) is 0 Å². The number of hydrogen-bond donors (Lipinski definition) is 1. The largest absolute Gasteiger partial charge is 0.369 e. The van der Waals surface area contributed by atoms with Crippen LogP contribution in [-0.2, 0) is 6.54 Å². The second-order valence-electron chi connectivity index (χ2n) is 5.77. The van der Waals surface area contributed by atoms with Crippen molar-refractivity contribution in [3.8, 4) is 0 Å². The summed E-state index contributed by atoms with van der Waals surface area (Å²) in [6.07, 6.45) is 2.50. The van der Waals surface area contributed by atoms with Crippen molar-refractivity contribution >= 4 is 17.0 Å². The summed E-state index contributed by atoms with van der Waals surface area (Å²) in [6.45, 7) is 5.52. The molecule has 1 aliphatic rings. The Morgan fingerprint density at radius 1 is 1.32 bits per heavy atom. The van der Waals surface area contributed by atoms with E-state index < -0.39 is 0 Å². The molecule has 0 amide bonds. The molecule has 0 atom stereocenters. The van der Waals surface area contributed by atoms with Crippen molar-refractivity contribution in [2.45, 2.75) is 26.3 Å². The highest BCUT2D eigenvalue weighted by Crippen LogP contribution is 2.25. The molecule has 1 aliphatic heterocycles. The maximum absolute atomic E-state index is 6.11. The molecule has 2 N–H and O–H groups in total. The standard InChI is InChI=1S/C15H22N4/c1-11-4-3-5-13-14(11)19(15(16)17-13)10-12-6-8-18(2)9-7-12/h3-5,12H,6-10H2,1-2H3,(H2,16,17). The zero-order valence-corrected chi connectivity index (χ0v) is 11.8. The number of nitrogens with two attached hydrogens (primary N) is 1. The lowest BCUT2D eigenvalue weighted by Crippen LogP contribution is -2.32. The monoisotopic (exact) mass is 258 g/mol. The van der Waals surface area contributed by atoms with Crippen molar-refractivity contribution < 1.29 is 0 Å². The number of piperidine rings is 1. The van der Waals surface area contributed by atoms with Crippen molar-refractivity contribution in [1.82, 2.24) is 14.5 Å². The SMILES string of the molecule is Cc1cccc2nc(N)n(CC3CCN(C)CC3)c12. The van der Waals surface area contributed by atoms with Crippen molar-refractivity contribution in [3.05, 3.63) is 23.8 Å². The Balaban J connectivity index is 1.90. The zero-order chi connectivity index (χ0) is 13.4. The number of likely N-dealkylation sites (tertiary alicyclic amines) is 1. The number of imidazole rings is 1. The van der Waals surface area contributed by atoms with E-state index in [1.165, 1.54) is 37.0 Å². The summed E-state index contributed by atoms with van der Waals surface area (Å²) in [5.41, 5.74) is 9.59. The number of anilines is 1. The van der Waals surface area contributed by atoms with Crippen LogP contribution in [0.3, 0.4) is 0 Å². The lowest BCUT2D eigenvalue weighted by atomic mass is 9.97. The summed E-state index contributed by atoms with van der Waals surface area (Å²) < 4.78 is 2.21. The van der Waals surface area contributed by atoms with Crippen molar-refractivity contribution in [2.75, 3.05) is 25.9 Å². The van der Waals surface area contributed by atoms with E-state index >= 15 is 0 Å². The van der Waals surface area contributed by atoms with E-state index in [2.05, 4.69) is 34.5 Å². The van der Waals surface area contributed by atoms with Gasteiger partial charge in [-0.05, 0) is 57.5 Å². The summed E-state index contributed by atoms with van der Waals surface area (Å²) in [5.74, 6) is 1.37. The third-order valence-corrected chi connectivity index (χ3v) is 4.28. The molecule has 0 bridgehead atoms. The molecule has 102 valence electrons. The Morgan fingerprint density at radius 2 is 2.05 bits per heavy atom. The fraction of sp³-hybridized carbons (Fsp3) is 0.533. The highest BCUT2D eigenvalue weighted by Gasteiger charge is 2.19. The molecule has 4 nitrogen and oxygen atoms in total. The maximum atomic E-state index is 6.11. The molecule has 1 saturated heterocycles. The smallest absolute Gasteiger partial charge is 0.201 e. The van der Waals surface area contributed by atoms with Gasteiger partial charge in [-0.3, -0.25) is 0 Å². The average molecular weight is 258 g/mol. The quantitative estimate of drug-likeness (QED) is 0.899. The molecular weight excluding hydrogens is 236 g/mol. The summed E-state index contributed by atoms with van der Waals surface area (Å²) in [5, 5.41) is 0. The molecule has 0 unspecified atom stereocenters. The fourth-order valence-electron chi connectivity index (χ4n) is 3.07. The zero-order valence-electron chi connectivity index (χ0n) is 11.8. The van der Waals surface area contributed by atoms with Crippen LogP contribution in [0.1, 0.15) is 18.4 Å². The first-order valence-corrected chi connectivity index (χ1v) is 7.05. The minimum absolute atomic E-state index is 0.656. The van der Waals surface area contributed by atoms with Gasteiger partial charge in [0, 0.05) is 6.54 Å². The van der Waals surface area contributed by atoms with Gasteiger partial charge in [-0.1, -0.05) is 12.1 Å². The first kappa shape index (κ1) is 12.5. The van der Waals surface area contributed by atoms with Crippen molar-refractivity contribution in [2.24, 2.45) is 5.92 Å². The Kier molecular flexibility index (Phi) is 3.19. The molecule has 2 aromatic rings. The molecule has 1 aromatic carbocycles. The van der Waals surface area contributed by atoms with E-state index in [1.807, 2.05) is 12.1 Å². The number of nitrogen functional groups attached to an aromatic ring is 1. The Labute approximate surface area is 114 Å². The molecule has 0 radical (unpaired) electrons. The number of nitrogens with zero attached hydrogens (tertiary/aromatic N) is 3. The van der Waals surface area contributed by atoms with E-state index in [9.17, 15) is 0 Å².